The molecule has 1 aliphatic heterocycles. The van der Waals surface area contributed by atoms with Crippen LogP contribution in [0.3, 0.4) is 0 Å². The number of hydrogen-bond donors (Lipinski definition) is 1. The summed E-state index contributed by atoms with van der Waals surface area (Å²) in [6.07, 6.45) is 3.80. The monoisotopic (exact) mass is 555 g/mol. The third-order valence-electron chi connectivity index (χ3n) is 6.60. The van der Waals surface area contributed by atoms with Crippen LogP contribution in [0.1, 0.15) is 29.7 Å². The number of halogens is 5. The highest BCUT2D eigenvalue weighted by Gasteiger charge is 2.40. The van der Waals surface area contributed by atoms with Crippen LogP contribution in [0, 0.1) is 5.92 Å². The number of likely N-dealkylation sites (tertiary alicyclic amines) is 1. The standard InChI is InChI=1S/C25H26Cl2F3N5O2/c1-15(37-23-6-4-17(8-32-23)25(29,30)13-28)19-11-35(24(36)33-10-18-9-31-14-34(18)2)12-20(19)16-3-5-21(26)22(27)7-16/h3-9,14-15,19-20H,10-13H2,1-2H3,(H,33,36)/t15-,19?,20?/m0/s1. The molecule has 37 heavy (non-hydrogen) atoms. The molecule has 0 radical (unpaired) electrons. The number of aryl methyl sites for hydroxylation is 1. The Kier molecular flexibility index (Phi) is 8.18. The lowest BCUT2D eigenvalue weighted by atomic mass is 9.86. The van der Waals surface area contributed by atoms with Crippen LogP contribution in [-0.2, 0) is 19.5 Å². The Morgan fingerprint density at radius 3 is 2.62 bits per heavy atom. The number of benzene rings is 1. The molecule has 1 fully saturated rings. The average Bonchev–Trinajstić information content (AvgIpc) is 3.51. The quantitative estimate of drug-likeness (QED) is 0.394. The molecule has 3 aromatic rings. The van der Waals surface area contributed by atoms with E-state index >= 15 is 0 Å². The summed E-state index contributed by atoms with van der Waals surface area (Å²) in [6.45, 7) is 1.12. The second-order valence-corrected chi connectivity index (χ2v) is 9.86. The maximum atomic E-state index is 13.6. The zero-order valence-corrected chi connectivity index (χ0v) is 21.7. The van der Waals surface area contributed by atoms with Crippen molar-refractivity contribution in [2.75, 3.05) is 19.8 Å². The maximum Gasteiger partial charge on any atom is 0.317 e. The number of nitrogens with one attached hydrogen (secondary N) is 1. The molecule has 1 aromatic carbocycles. The van der Waals surface area contributed by atoms with Crippen molar-refractivity contribution >= 4 is 29.2 Å². The van der Waals surface area contributed by atoms with Gasteiger partial charge >= 0.3 is 12.0 Å². The highest BCUT2D eigenvalue weighted by molar-refractivity contribution is 6.42. The van der Waals surface area contributed by atoms with Crippen molar-refractivity contribution in [3.8, 4) is 5.88 Å². The summed E-state index contributed by atoms with van der Waals surface area (Å²) in [5.41, 5.74) is 1.22. The molecule has 0 bridgehead atoms. The number of hydrogen-bond acceptors (Lipinski definition) is 4. The van der Waals surface area contributed by atoms with Crippen molar-refractivity contribution in [2.45, 2.75) is 31.4 Å². The lowest BCUT2D eigenvalue weighted by Gasteiger charge is -2.25. The highest BCUT2D eigenvalue weighted by atomic mass is 35.5. The fourth-order valence-corrected chi connectivity index (χ4v) is 4.73. The Morgan fingerprint density at radius 1 is 1.22 bits per heavy atom. The Hall–Kier alpha value is -2.98. The van der Waals surface area contributed by atoms with E-state index in [1.54, 1.807) is 29.6 Å². The summed E-state index contributed by atoms with van der Waals surface area (Å²) in [5.74, 6) is -3.79. The van der Waals surface area contributed by atoms with Crippen LogP contribution in [0.4, 0.5) is 18.0 Å². The Labute approximate surface area is 222 Å². The molecule has 0 aliphatic carbocycles. The summed E-state index contributed by atoms with van der Waals surface area (Å²) in [7, 11) is 1.85. The molecule has 198 valence electrons. The van der Waals surface area contributed by atoms with Crippen LogP contribution in [-0.4, -0.2) is 51.3 Å². The van der Waals surface area contributed by atoms with Gasteiger partial charge in [0.2, 0.25) is 5.88 Å². The Balaban J connectivity index is 1.51. The fourth-order valence-electron chi connectivity index (χ4n) is 4.42. The molecule has 12 heteroatoms. The molecule has 1 N–H and O–H groups in total. The lowest BCUT2D eigenvalue weighted by Crippen LogP contribution is -2.39. The molecule has 2 amide bonds. The van der Waals surface area contributed by atoms with Crippen molar-refractivity contribution < 1.29 is 22.7 Å². The second-order valence-electron chi connectivity index (χ2n) is 9.05. The molecule has 0 spiro atoms. The number of nitrogens with zero attached hydrogens (tertiary/aromatic N) is 4. The summed E-state index contributed by atoms with van der Waals surface area (Å²) in [4.78, 5) is 22.7. The molecule has 1 saturated heterocycles. The van der Waals surface area contributed by atoms with Crippen LogP contribution >= 0.6 is 23.2 Å². The molecule has 2 unspecified atom stereocenters. The van der Waals surface area contributed by atoms with Gasteiger partial charge in [-0.05, 0) is 30.7 Å². The second kappa shape index (κ2) is 11.2. The van der Waals surface area contributed by atoms with Crippen LogP contribution in [0.2, 0.25) is 10.0 Å². The van der Waals surface area contributed by atoms with Crippen LogP contribution < -0.4 is 10.1 Å². The summed E-state index contributed by atoms with van der Waals surface area (Å²) < 4.78 is 47.6. The van der Waals surface area contributed by atoms with E-state index < -0.39 is 24.3 Å². The predicted molar refractivity (Wildman–Crippen MR) is 134 cm³/mol. The van der Waals surface area contributed by atoms with Gasteiger partial charge in [0.05, 0.1) is 28.6 Å². The average molecular weight is 556 g/mol. The van der Waals surface area contributed by atoms with Gasteiger partial charge in [-0.25, -0.2) is 19.2 Å². The summed E-state index contributed by atoms with van der Waals surface area (Å²) in [6, 6.07) is 7.49. The number of amides is 2. The van der Waals surface area contributed by atoms with Gasteiger partial charge in [0.1, 0.15) is 6.10 Å². The lowest BCUT2D eigenvalue weighted by molar-refractivity contribution is -0.0284. The van der Waals surface area contributed by atoms with Gasteiger partial charge in [-0.1, -0.05) is 29.3 Å². The number of pyridine rings is 1. The van der Waals surface area contributed by atoms with Crippen molar-refractivity contribution in [2.24, 2.45) is 13.0 Å². The van der Waals surface area contributed by atoms with E-state index in [2.05, 4.69) is 15.3 Å². The van der Waals surface area contributed by atoms with Crippen molar-refractivity contribution in [3.63, 3.8) is 0 Å². The van der Waals surface area contributed by atoms with E-state index in [-0.39, 0.29) is 23.7 Å². The van der Waals surface area contributed by atoms with Gasteiger partial charge in [-0.15, -0.1) is 0 Å². The number of urea groups is 1. The van der Waals surface area contributed by atoms with E-state index in [4.69, 9.17) is 27.9 Å². The topological polar surface area (TPSA) is 72.3 Å². The fraction of sp³-hybridized carbons (Fsp3) is 0.400. The van der Waals surface area contributed by atoms with E-state index in [1.165, 1.54) is 6.07 Å². The molecular formula is C25H26Cl2F3N5O2. The van der Waals surface area contributed by atoms with Gasteiger partial charge in [-0.3, -0.25) is 0 Å². The summed E-state index contributed by atoms with van der Waals surface area (Å²) in [5, 5.41) is 3.74. The minimum Gasteiger partial charge on any atom is -0.474 e. The van der Waals surface area contributed by atoms with Crippen LogP contribution in [0.25, 0.3) is 0 Å². The summed E-state index contributed by atoms with van der Waals surface area (Å²) >= 11 is 12.4. The molecule has 2 aromatic heterocycles. The third-order valence-corrected chi connectivity index (χ3v) is 7.34. The number of rotatable bonds is 8. The Morgan fingerprint density at radius 2 is 2.00 bits per heavy atom. The smallest absolute Gasteiger partial charge is 0.317 e. The Bertz CT molecular complexity index is 1240. The van der Waals surface area contributed by atoms with E-state index in [1.807, 2.05) is 24.6 Å². The molecule has 3 atom stereocenters. The van der Waals surface area contributed by atoms with Gasteiger partial charge in [0.25, 0.3) is 0 Å². The zero-order valence-electron chi connectivity index (χ0n) is 20.2. The number of carbonyl (C=O) groups excluding carboxylic acids is 1. The highest BCUT2D eigenvalue weighted by Crippen LogP contribution is 2.38. The number of aromatic nitrogens is 3. The molecule has 7 nitrogen and oxygen atoms in total. The largest absolute Gasteiger partial charge is 0.474 e. The van der Waals surface area contributed by atoms with Gasteiger partial charge < -0.3 is 19.5 Å². The third kappa shape index (κ3) is 6.13. The van der Waals surface area contributed by atoms with Gasteiger partial charge in [-0.2, -0.15) is 8.78 Å². The minimum absolute atomic E-state index is 0.123. The maximum absolute atomic E-state index is 13.6. The first-order valence-corrected chi connectivity index (χ1v) is 12.3. The molecule has 0 saturated carbocycles. The minimum atomic E-state index is -3.61. The van der Waals surface area contributed by atoms with Crippen LogP contribution in [0.15, 0.2) is 49.1 Å². The van der Waals surface area contributed by atoms with E-state index in [9.17, 15) is 18.0 Å². The first-order chi connectivity index (χ1) is 17.6. The first kappa shape index (κ1) is 27.1. The van der Waals surface area contributed by atoms with Crippen molar-refractivity contribution in [1.29, 1.82) is 0 Å². The normalized spacial score (nSPS) is 18.6. The molecule has 3 heterocycles. The van der Waals surface area contributed by atoms with Gasteiger partial charge in [0.15, 0.2) is 6.67 Å². The van der Waals surface area contributed by atoms with E-state index in [0.29, 0.717) is 29.7 Å². The molecular weight excluding hydrogens is 530 g/mol. The number of ether oxygens (including phenoxy) is 1. The van der Waals surface area contributed by atoms with Gasteiger partial charge in [0, 0.05) is 56.0 Å². The number of imidazole rings is 1. The van der Waals surface area contributed by atoms with Crippen molar-refractivity contribution in [1.82, 2.24) is 24.8 Å². The zero-order chi connectivity index (χ0) is 26.7. The molecule has 1 aliphatic rings. The predicted octanol–water partition coefficient (Wildman–Crippen LogP) is 5.58. The number of alkyl halides is 3. The van der Waals surface area contributed by atoms with Crippen molar-refractivity contribution in [3.05, 3.63) is 75.9 Å². The SMILES string of the molecule is C[C@H](Oc1ccc(C(F)(F)CF)cn1)C1CN(C(=O)NCc2cncn2C)CC1c1ccc(Cl)c(Cl)c1. The molecule has 4 rings (SSSR count). The first-order valence-electron chi connectivity index (χ1n) is 11.6. The van der Waals surface area contributed by atoms with Crippen LogP contribution in [0.5, 0.6) is 5.88 Å². The van der Waals surface area contributed by atoms with E-state index in [0.717, 1.165) is 23.5 Å². The number of carbonyl (C=O) groups is 1.